The number of hydrogen-bond acceptors (Lipinski definition) is 6. The third kappa shape index (κ3) is 6.57. The van der Waals surface area contributed by atoms with Gasteiger partial charge >= 0.3 is 17.8 Å². The molecule has 8 nitrogen and oxygen atoms in total. The lowest BCUT2D eigenvalue weighted by atomic mass is 10.1. The molecule has 0 aliphatic heterocycles. The average molecular weight is 500 g/mol. The molecular formula is C24H19Cl2N3O5. The largest absolute Gasteiger partial charge is 0.493 e. The van der Waals surface area contributed by atoms with Gasteiger partial charge in [0.15, 0.2) is 11.5 Å². The molecule has 0 aliphatic rings. The Morgan fingerprint density at radius 1 is 0.824 bits per heavy atom. The molecule has 0 spiro atoms. The number of halogens is 2. The Kier molecular flexibility index (Phi) is 8.24. The van der Waals surface area contributed by atoms with E-state index in [0.717, 1.165) is 0 Å². The number of methoxy groups -OCH3 is 1. The van der Waals surface area contributed by atoms with Gasteiger partial charge in [-0.15, -0.1) is 0 Å². The summed E-state index contributed by atoms with van der Waals surface area (Å²) >= 11 is 11.8. The highest BCUT2D eigenvalue weighted by molar-refractivity contribution is 6.40. The Balaban J connectivity index is 1.66. The van der Waals surface area contributed by atoms with Gasteiger partial charge in [-0.3, -0.25) is 9.59 Å². The van der Waals surface area contributed by atoms with Gasteiger partial charge in [-0.1, -0.05) is 41.4 Å². The average Bonchev–Trinajstić information content (AvgIpc) is 2.82. The second-order valence-corrected chi connectivity index (χ2v) is 7.74. The van der Waals surface area contributed by atoms with Crippen molar-refractivity contribution in [1.82, 2.24) is 5.43 Å². The lowest BCUT2D eigenvalue weighted by Crippen LogP contribution is -2.32. The Morgan fingerprint density at radius 3 is 2.15 bits per heavy atom. The molecule has 10 heteroatoms. The van der Waals surface area contributed by atoms with Crippen LogP contribution in [0.2, 0.25) is 10.0 Å². The highest BCUT2D eigenvalue weighted by Gasteiger charge is 2.16. The first-order chi connectivity index (χ1) is 16.3. The second-order valence-electron chi connectivity index (χ2n) is 6.87. The monoisotopic (exact) mass is 499 g/mol. The zero-order valence-corrected chi connectivity index (χ0v) is 19.6. The summed E-state index contributed by atoms with van der Waals surface area (Å²) < 4.78 is 10.7. The van der Waals surface area contributed by atoms with E-state index in [1.807, 2.05) is 0 Å². The number of carbonyl (C=O) groups excluding carboxylic acids is 3. The summed E-state index contributed by atoms with van der Waals surface area (Å²) in [4.78, 5) is 36.5. The fourth-order valence-corrected chi connectivity index (χ4v) is 3.30. The Bertz CT molecular complexity index is 1240. The molecule has 0 saturated carbocycles. The minimum absolute atomic E-state index is 0.219. The van der Waals surface area contributed by atoms with Crippen LogP contribution in [0.25, 0.3) is 0 Å². The van der Waals surface area contributed by atoms with Gasteiger partial charge in [-0.05, 0) is 55.5 Å². The van der Waals surface area contributed by atoms with Crippen molar-refractivity contribution in [3.8, 4) is 11.5 Å². The fraction of sp³-hybridized carbons (Fsp3) is 0.0833. The summed E-state index contributed by atoms with van der Waals surface area (Å²) in [5, 5.41) is 6.95. The van der Waals surface area contributed by atoms with Gasteiger partial charge in [0.25, 0.3) is 0 Å². The minimum atomic E-state index is -0.990. The number of anilines is 1. The topological polar surface area (TPSA) is 106 Å². The SMILES string of the molecule is COc1cc(/C(C)=N/NC(=O)C(=O)Nc2cc(Cl)cc(Cl)c2)ccc1OC(=O)c1ccccc1. The van der Waals surface area contributed by atoms with Crippen molar-refractivity contribution in [3.05, 3.63) is 87.9 Å². The normalized spacial score (nSPS) is 10.9. The molecule has 34 heavy (non-hydrogen) atoms. The first kappa shape index (κ1) is 24.8. The maximum atomic E-state index is 12.3. The highest BCUT2D eigenvalue weighted by atomic mass is 35.5. The summed E-state index contributed by atoms with van der Waals surface area (Å²) in [6, 6.07) is 17.7. The molecule has 0 heterocycles. The number of amides is 2. The molecule has 0 aliphatic carbocycles. The molecule has 0 unspecified atom stereocenters. The van der Waals surface area contributed by atoms with Gasteiger partial charge in [0.2, 0.25) is 0 Å². The van der Waals surface area contributed by atoms with E-state index in [9.17, 15) is 14.4 Å². The lowest BCUT2D eigenvalue weighted by molar-refractivity contribution is -0.136. The Hall–Kier alpha value is -3.88. The summed E-state index contributed by atoms with van der Waals surface area (Å²) in [5.74, 6) is -1.96. The molecule has 0 radical (unpaired) electrons. The zero-order valence-electron chi connectivity index (χ0n) is 18.1. The molecule has 0 aromatic heterocycles. The van der Waals surface area contributed by atoms with Crippen LogP contribution < -0.4 is 20.2 Å². The first-order valence-corrected chi connectivity index (χ1v) is 10.6. The molecular weight excluding hydrogens is 481 g/mol. The van der Waals surface area contributed by atoms with Crippen molar-refractivity contribution in [2.24, 2.45) is 5.10 Å². The summed E-state index contributed by atoms with van der Waals surface area (Å²) in [6.45, 7) is 1.62. The van der Waals surface area contributed by atoms with Gasteiger partial charge in [0.05, 0.1) is 18.4 Å². The molecule has 0 bridgehead atoms. The molecule has 3 aromatic carbocycles. The van der Waals surface area contributed by atoms with Crippen LogP contribution in [-0.2, 0) is 9.59 Å². The summed E-state index contributed by atoms with van der Waals surface area (Å²) in [6.07, 6.45) is 0. The van der Waals surface area contributed by atoms with Crippen LogP contribution in [0.15, 0.2) is 71.8 Å². The molecule has 0 saturated heterocycles. The third-order valence-electron chi connectivity index (χ3n) is 4.45. The fourth-order valence-electron chi connectivity index (χ4n) is 2.77. The van der Waals surface area contributed by atoms with Gasteiger partial charge in [-0.2, -0.15) is 5.10 Å². The van der Waals surface area contributed by atoms with E-state index in [1.165, 1.54) is 25.3 Å². The number of esters is 1. The number of nitrogens with one attached hydrogen (secondary N) is 2. The Morgan fingerprint density at radius 2 is 1.50 bits per heavy atom. The van der Waals surface area contributed by atoms with Gasteiger partial charge < -0.3 is 14.8 Å². The predicted molar refractivity (Wildman–Crippen MR) is 130 cm³/mol. The summed E-state index contributed by atoms with van der Waals surface area (Å²) in [7, 11) is 1.43. The van der Waals surface area contributed by atoms with E-state index in [4.69, 9.17) is 32.7 Å². The van der Waals surface area contributed by atoms with Gasteiger partial charge in [0.1, 0.15) is 0 Å². The third-order valence-corrected chi connectivity index (χ3v) is 4.88. The molecule has 174 valence electrons. The number of ether oxygens (including phenoxy) is 2. The molecule has 3 rings (SSSR count). The number of hydrazone groups is 1. The van der Waals surface area contributed by atoms with Crippen molar-refractivity contribution >= 4 is 52.4 Å². The highest BCUT2D eigenvalue weighted by Crippen LogP contribution is 2.29. The quantitative estimate of drug-likeness (QED) is 0.168. The number of nitrogens with zero attached hydrogens (tertiary/aromatic N) is 1. The number of hydrogen-bond donors (Lipinski definition) is 2. The van der Waals surface area contributed by atoms with Crippen LogP contribution in [0.3, 0.4) is 0 Å². The van der Waals surface area contributed by atoms with E-state index in [-0.39, 0.29) is 11.4 Å². The molecule has 2 amide bonds. The lowest BCUT2D eigenvalue weighted by Gasteiger charge is -2.11. The Labute approximate surface area is 205 Å². The molecule has 3 aromatic rings. The summed E-state index contributed by atoms with van der Waals surface area (Å²) in [5.41, 5.74) is 3.79. The smallest absolute Gasteiger partial charge is 0.343 e. The van der Waals surface area contributed by atoms with E-state index < -0.39 is 17.8 Å². The standard InChI is InChI=1S/C24H19Cl2N3O5/c1-14(28-29-23(31)22(30)27-19-12-17(25)11-18(26)13-19)16-8-9-20(21(10-16)33-2)34-24(32)15-6-4-3-5-7-15/h3-13H,1-2H3,(H,27,30)(H,29,31)/b28-14+. The van der Waals surface area contributed by atoms with Crippen LogP contribution in [0.1, 0.15) is 22.8 Å². The molecule has 0 fully saturated rings. The second kappa shape index (κ2) is 11.3. The van der Waals surface area contributed by atoms with E-state index in [0.29, 0.717) is 32.6 Å². The van der Waals surface area contributed by atoms with Gasteiger partial charge in [-0.25, -0.2) is 10.2 Å². The van der Waals surface area contributed by atoms with Crippen LogP contribution in [0, 0.1) is 0 Å². The van der Waals surface area contributed by atoms with E-state index >= 15 is 0 Å². The van der Waals surface area contributed by atoms with Crippen LogP contribution in [0.4, 0.5) is 5.69 Å². The van der Waals surface area contributed by atoms with Crippen molar-refractivity contribution in [3.63, 3.8) is 0 Å². The van der Waals surface area contributed by atoms with Crippen molar-refractivity contribution in [1.29, 1.82) is 0 Å². The maximum absolute atomic E-state index is 12.3. The maximum Gasteiger partial charge on any atom is 0.343 e. The predicted octanol–water partition coefficient (Wildman–Crippen LogP) is 4.70. The van der Waals surface area contributed by atoms with Crippen LogP contribution >= 0.6 is 23.2 Å². The molecule has 0 atom stereocenters. The van der Waals surface area contributed by atoms with E-state index in [2.05, 4.69) is 15.8 Å². The minimum Gasteiger partial charge on any atom is -0.493 e. The van der Waals surface area contributed by atoms with Crippen molar-refractivity contribution < 1.29 is 23.9 Å². The number of carbonyl (C=O) groups is 3. The van der Waals surface area contributed by atoms with Gasteiger partial charge in [0, 0.05) is 21.3 Å². The van der Waals surface area contributed by atoms with Crippen molar-refractivity contribution in [2.75, 3.05) is 12.4 Å². The van der Waals surface area contributed by atoms with Crippen molar-refractivity contribution in [2.45, 2.75) is 6.92 Å². The van der Waals surface area contributed by atoms with Crippen LogP contribution in [-0.4, -0.2) is 30.6 Å². The zero-order chi connectivity index (χ0) is 24.7. The van der Waals surface area contributed by atoms with Crippen LogP contribution in [0.5, 0.6) is 11.5 Å². The number of benzene rings is 3. The number of rotatable bonds is 6. The molecule has 2 N–H and O–H groups in total. The first-order valence-electron chi connectivity index (χ1n) is 9.84. The van der Waals surface area contributed by atoms with E-state index in [1.54, 1.807) is 55.5 Å².